The first kappa shape index (κ1) is 15.3. The monoisotopic (exact) mass is 319 g/mol. The summed E-state index contributed by atoms with van der Waals surface area (Å²) in [5, 5.41) is 12.7. The second kappa shape index (κ2) is 5.54. The van der Waals surface area contributed by atoms with Gasteiger partial charge in [-0.15, -0.1) is 0 Å². The number of halogens is 3. The third kappa shape index (κ3) is 2.72. The van der Waals surface area contributed by atoms with E-state index in [9.17, 15) is 18.0 Å². The fourth-order valence-corrected chi connectivity index (χ4v) is 2.84. The van der Waals surface area contributed by atoms with E-state index in [1.54, 1.807) is 24.3 Å². The molecule has 0 aliphatic heterocycles. The zero-order valence-electron chi connectivity index (χ0n) is 12.0. The summed E-state index contributed by atoms with van der Waals surface area (Å²) in [5.74, 6) is -0.515. The fraction of sp³-hybridized carbons (Fsp3) is 0.312. The van der Waals surface area contributed by atoms with Crippen LogP contribution in [0.3, 0.4) is 0 Å². The molecule has 0 bridgehead atoms. The van der Waals surface area contributed by atoms with Crippen molar-refractivity contribution in [1.82, 2.24) is 9.78 Å². The molecule has 1 aromatic heterocycles. The summed E-state index contributed by atoms with van der Waals surface area (Å²) < 4.78 is 40.7. The molecule has 0 N–H and O–H groups in total. The fourth-order valence-electron chi connectivity index (χ4n) is 2.84. The van der Waals surface area contributed by atoms with Crippen LogP contribution in [0.25, 0.3) is 0 Å². The van der Waals surface area contributed by atoms with Crippen LogP contribution in [-0.2, 0) is 19.1 Å². The normalized spacial score (nSPS) is 14.4. The van der Waals surface area contributed by atoms with Gasteiger partial charge in [0.05, 0.1) is 29.4 Å². The van der Waals surface area contributed by atoms with Gasteiger partial charge < -0.3 is 0 Å². The van der Waals surface area contributed by atoms with Crippen LogP contribution in [0.4, 0.5) is 13.2 Å². The van der Waals surface area contributed by atoms with Crippen LogP contribution in [0, 0.1) is 11.3 Å². The number of aromatic nitrogens is 2. The summed E-state index contributed by atoms with van der Waals surface area (Å²) in [5.41, 5.74) is -0.161. The summed E-state index contributed by atoms with van der Waals surface area (Å²) in [7, 11) is 0. The average molecular weight is 319 g/mol. The molecule has 1 aromatic carbocycles. The molecule has 0 amide bonds. The third-order valence-corrected chi connectivity index (χ3v) is 3.88. The van der Waals surface area contributed by atoms with Gasteiger partial charge in [0.15, 0.2) is 11.5 Å². The quantitative estimate of drug-likeness (QED) is 0.853. The van der Waals surface area contributed by atoms with Crippen LogP contribution in [-0.4, -0.2) is 15.6 Å². The highest BCUT2D eigenvalue weighted by molar-refractivity contribution is 5.99. The van der Waals surface area contributed by atoms with E-state index >= 15 is 0 Å². The van der Waals surface area contributed by atoms with Crippen LogP contribution in [0.5, 0.6) is 0 Å². The molecule has 3 rings (SSSR count). The van der Waals surface area contributed by atoms with Crippen LogP contribution < -0.4 is 0 Å². The van der Waals surface area contributed by atoms with Crippen LogP contribution in [0.2, 0.25) is 0 Å². The molecule has 1 heterocycles. The molecule has 0 saturated carbocycles. The molecule has 4 nitrogen and oxygen atoms in total. The number of rotatable bonds is 2. The van der Waals surface area contributed by atoms with Crippen molar-refractivity contribution in [3.63, 3.8) is 0 Å². The van der Waals surface area contributed by atoms with Gasteiger partial charge in [0.25, 0.3) is 0 Å². The molecule has 7 heteroatoms. The van der Waals surface area contributed by atoms with Crippen molar-refractivity contribution < 1.29 is 18.0 Å². The Hall–Kier alpha value is -2.62. The van der Waals surface area contributed by atoms with E-state index < -0.39 is 17.7 Å². The first-order valence-corrected chi connectivity index (χ1v) is 7.10. The Labute approximate surface area is 130 Å². The predicted molar refractivity (Wildman–Crippen MR) is 74.8 cm³/mol. The van der Waals surface area contributed by atoms with E-state index in [1.165, 1.54) is 4.68 Å². The van der Waals surface area contributed by atoms with Crippen LogP contribution >= 0.6 is 0 Å². The van der Waals surface area contributed by atoms with Gasteiger partial charge in [-0.2, -0.15) is 23.5 Å². The maximum Gasteiger partial charge on any atom is 0.435 e. The summed E-state index contributed by atoms with van der Waals surface area (Å²) in [6, 6.07) is 8.68. The van der Waals surface area contributed by atoms with Gasteiger partial charge in [0.1, 0.15) is 0 Å². The molecule has 0 radical (unpaired) electrons. The van der Waals surface area contributed by atoms with Gasteiger partial charge in [-0.1, -0.05) is 18.2 Å². The van der Waals surface area contributed by atoms with Crippen molar-refractivity contribution in [3.8, 4) is 6.07 Å². The molecule has 2 aromatic rings. The number of carbonyl (C=O) groups is 1. The van der Waals surface area contributed by atoms with Gasteiger partial charge in [-0.05, 0) is 24.5 Å². The maximum atomic E-state index is 13.2. The number of ketones is 1. The number of alkyl halides is 3. The second-order valence-corrected chi connectivity index (χ2v) is 5.37. The molecular formula is C16H12F3N3O. The van der Waals surface area contributed by atoms with Gasteiger partial charge in [-0.25, -0.2) is 0 Å². The molecule has 1 aliphatic rings. The number of carbonyl (C=O) groups excluding carboxylic acids is 1. The molecule has 0 unspecified atom stereocenters. The van der Waals surface area contributed by atoms with Crippen LogP contribution in [0.15, 0.2) is 24.3 Å². The van der Waals surface area contributed by atoms with Crippen molar-refractivity contribution in [2.24, 2.45) is 0 Å². The smallest absolute Gasteiger partial charge is 0.294 e. The van der Waals surface area contributed by atoms with Crippen molar-refractivity contribution >= 4 is 5.78 Å². The lowest BCUT2D eigenvalue weighted by Gasteiger charge is -2.14. The largest absolute Gasteiger partial charge is 0.435 e. The van der Waals surface area contributed by atoms with E-state index in [-0.39, 0.29) is 18.5 Å². The molecule has 23 heavy (non-hydrogen) atoms. The molecule has 0 saturated heterocycles. The topological polar surface area (TPSA) is 58.7 Å². The van der Waals surface area contributed by atoms with Crippen molar-refractivity contribution in [2.45, 2.75) is 32.0 Å². The second-order valence-electron chi connectivity index (χ2n) is 5.37. The Morgan fingerprint density at radius 1 is 1.26 bits per heavy atom. The van der Waals surface area contributed by atoms with Crippen molar-refractivity contribution in [2.75, 3.05) is 0 Å². The highest BCUT2D eigenvalue weighted by Gasteiger charge is 2.42. The number of Topliss-reactive ketones (excluding diaryl/α,β-unsaturated/α-hetero) is 1. The van der Waals surface area contributed by atoms with Gasteiger partial charge in [-0.3, -0.25) is 9.48 Å². The summed E-state index contributed by atoms with van der Waals surface area (Å²) in [4.78, 5) is 11.9. The Morgan fingerprint density at radius 2 is 2.00 bits per heavy atom. The zero-order valence-corrected chi connectivity index (χ0v) is 12.0. The van der Waals surface area contributed by atoms with Gasteiger partial charge in [0.2, 0.25) is 0 Å². The molecule has 118 valence electrons. The third-order valence-electron chi connectivity index (χ3n) is 3.88. The van der Waals surface area contributed by atoms with E-state index in [4.69, 9.17) is 5.26 Å². The molecule has 1 aliphatic carbocycles. The molecular weight excluding hydrogens is 307 g/mol. The Balaban J connectivity index is 2.11. The lowest BCUT2D eigenvalue weighted by Crippen LogP contribution is -2.17. The van der Waals surface area contributed by atoms with Gasteiger partial charge in [0, 0.05) is 6.42 Å². The van der Waals surface area contributed by atoms with E-state index in [0.717, 1.165) is 0 Å². The number of benzene rings is 1. The summed E-state index contributed by atoms with van der Waals surface area (Å²) >= 11 is 0. The Morgan fingerprint density at radius 3 is 2.70 bits per heavy atom. The predicted octanol–water partition coefficient (Wildman–Crippen LogP) is 3.34. The number of hydrogen-bond donors (Lipinski definition) is 0. The Bertz CT molecular complexity index is 815. The van der Waals surface area contributed by atoms with E-state index in [2.05, 4.69) is 5.10 Å². The highest BCUT2D eigenvalue weighted by atomic mass is 19.4. The lowest BCUT2D eigenvalue weighted by molar-refractivity contribution is -0.141. The van der Waals surface area contributed by atoms with Crippen LogP contribution in [0.1, 0.15) is 45.7 Å². The van der Waals surface area contributed by atoms with E-state index in [1.807, 2.05) is 6.07 Å². The van der Waals surface area contributed by atoms with Crippen molar-refractivity contribution in [3.05, 3.63) is 52.3 Å². The van der Waals surface area contributed by atoms with E-state index in [0.29, 0.717) is 29.7 Å². The molecule has 0 atom stereocenters. The maximum absolute atomic E-state index is 13.2. The standard InChI is InChI=1S/C16H12F3N3O/c17-16(18,19)15-14-12(6-3-7-13(14)23)22(21-15)9-11-5-2-1-4-10(11)8-20/h1-2,4-5H,3,6-7,9H2. The number of hydrogen-bond acceptors (Lipinski definition) is 3. The average Bonchev–Trinajstić information content (AvgIpc) is 2.88. The minimum absolute atomic E-state index is 0.0371. The molecule has 0 fully saturated rings. The number of fused-ring (bicyclic) bond motifs is 1. The Kier molecular flexibility index (Phi) is 3.68. The van der Waals surface area contributed by atoms with Gasteiger partial charge >= 0.3 is 6.18 Å². The number of nitrogens with zero attached hydrogens (tertiary/aromatic N) is 3. The minimum atomic E-state index is -4.67. The molecule has 0 spiro atoms. The first-order chi connectivity index (χ1) is 10.9. The lowest BCUT2D eigenvalue weighted by atomic mass is 9.94. The summed E-state index contributed by atoms with van der Waals surface area (Å²) in [6.45, 7) is 0.0371. The summed E-state index contributed by atoms with van der Waals surface area (Å²) in [6.07, 6.45) is -3.68. The minimum Gasteiger partial charge on any atom is -0.294 e. The number of nitriles is 1. The highest BCUT2D eigenvalue weighted by Crippen LogP contribution is 2.36. The first-order valence-electron chi connectivity index (χ1n) is 7.10. The SMILES string of the molecule is N#Cc1ccccc1Cn1nc(C(F)(F)F)c2c1CCCC2=O. The van der Waals surface area contributed by atoms with Crippen molar-refractivity contribution in [1.29, 1.82) is 5.26 Å². The zero-order chi connectivity index (χ0) is 16.6.